The van der Waals surface area contributed by atoms with Crippen LogP contribution in [0.4, 0.5) is 0 Å². The maximum absolute atomic E-state index is 5.58. The predicted octanol–water partition coefficient (Wildman–Crippen LogP) is 2.45. The molecule has 0 bridgehead atoms. The van der Waals surface area contributed by atoms with E-state index in [4.69, 9.17) is 13.3 Å². The summed E-state index contributed by atoms with van der Waals surface area (Å²) < 4.78 is 16.7. The van der Waals surface area contributed by atoms with Crippen molar-refractivity contribution in [2.75, 3.05) is 27.5 Å². The Balaban J connectivity index is 2.96. The van der Waals surface area contributed by atoms with E-state index < -0.39 is 8.80 Å². The number of piperidine rings is 1. The summed E-state index contributed by atoms with van der Waals surface area (Å²) in [6.45, 7) is 9.20. The summed E-state index contributed by atoms with van der Waals surface area (Å²) >= 11 is 0. The first-order chi connectivity index (χ1) is 8.23. The highest BCUT2D eigenvalue weighted by molar-refractivity contribution is 6.60. The third-order valence-electron chi connectivity index (χ3n) is 4.32. The van der Waals surface area contributed by atoms with E-state index in [2.05, 4.69) is 32.6 Å². The molecule has 0 saturated carbocycles. The number of hydrogen-bond donors (Lipinski definition) is 0. The van der Waals surface area contributed by atoms with E-state index in [1.54, 1.807) is 21.3 Å². The van der Waals surface area contributed by atoms with Gasteiger partial charge in [-0.1, -0.05) is 0 Å². The summed E-state index contributed by atoms with van der Waals surface area (Å²) in [6, 6.07) is 0. The van der Waals surface area contributed by atoms with E-state index in [1.807, 2.05) is 0 Å². The van der Waals surface area contributed by atoms with Crippen molar-refractivity contribution in [2.45, 2.75) is 58.0 Å². The Morgan fingerprint density at radius 3 is 1.61 bits per heavy atom. The van der Waals surface area contributed by atoms with Gasteiger partial charge in [-0.15, -0.1) is 0 Å². The lowest BCUT2D eigenvalue weighted by Gasteiger charge is -2.54. The first kappa shape index (κ1) is 16.1. The fourth-order valence-electron chi connectivity index (χ4n) is 3.11. The second kappa shape index (κ2) is 5.59. The minimum atomic E-state index is -2.56. The second-order valence-corrected chi connectivity index (χ2v) is 9.27. The van der Waals surface area contributed by atoms with Gasteiger partial charge in [0.2, 0.25) is 0 Å². The molecule has 18 heavy (non-hydrogen) atoms. The molecule has 1 fully saturated rings. The minimum Gasteiger partial charge on any atom is -0.376 e. The molecule has 0 aromatic rings. The Morgan fingerprint density at radius 2 is 1.28 bits per heavy atom. The van der Waals surface area contributed by atoms with E-state index in [0.29, 0.717) is 0 Å². The second-order valence-electron chi connectivity index (χ2n) is 6.36. The van der Waals surface area contributed by atoms with Gasteiger partial charge in [0.25, 0.3) is 0 Å². The molecule has 0 radical (unpaired) electrons. The van der Waals surface area contributed by atoms with Crippen molar-refractivity contribution in [1.29, 1.82) is 0 Å². The summed E-state index contributed by atoms with van der Waals surface area (Å²) in [4.78, 5) is 2.51. The van der Waals surface area contributed by atoms with E-state index in [0.717, 1.165) is 6.17 Å². The predicted molar refractivity (Wildman–Crippen MR) is 75.5 cm³/mol. The third kappa shape index (κ3) is 3.14. The molecule has 1 saturated heterocycles. The van der Waals surface area contributed by atoms with Crippen molar-refractivity contribution in [3.05, 3.63) is 0 Å². The normalized spacial score (nSPS) is 24.2. The molecule has 0 atom stereocenters. The van der Waals surface area contributed by atoms with Crippen LogP contribution in [0.3, 0.4) is 0 Å². The van der Waals surface area contributed by atoms with Crippen LogP contribution >= 0.6 is 0 Å². The quantitative estimate of drug-likeness (QED) is 0.721. The smallest absolute Gasteiger partial charge is 0.376 e. The van der Waals surface area contributed by atoms with Gasteiger partial charge in [0, 0.05) is 32.4 Å². The van der Waals surface area contributed by atoms with Crippen molar-refractivity contribution in [3.63, 3.8) is 0 Å². The fourth-order valence-corrected chi connectivity index (χ4v) is 5.24. The lowest BCUT2D eigenvalue weighted by Crippen LogP contribution is -2.65. The van der Waals surface area contributed by atoms with Gasteiger partial charge in [0.05, 0.1) is 6.17 Å². The monoisotopic (exact) mass is 275 g/mol. The van der Waals surface area contributed by atoms with Crippen molar-refractivity contribution in [1.82, 2.24) is 4.90 Å². The van der Waals surface area contributed by atoms with Gasteiger partial charge in [-0.05, 0) is 47.0 Å². The Labute approximate surface area is 113 Å². The topological polar surface area (TPSA) is 30.9 Å². The number of rotatable bonds is 5. The molecule has 108 valence electrons. The van der Waals surface area contributed by atoms with Crippen LogP contribution in [0, 0.1) is 0 Å². The van der Waals surface area contributed by atoms with Crippen LogP contribution in [0.5, 0.6) is 0 Å². The molecule has 1 aliphatic rings. The van der Waals surface area contributed by atoms with Crippen LogP contribution in [0.25, 0.3) is 0 Å². The largest absolute Gasteiger partial charge is 0.515 e. The molecule has 0 aromatic carbocycles. The van der Waals surface area contributed by atoms with Crippen LogP contribution in [-0.2, 0) is 13.3 Å². The molecule has 0 unspecified atom stereocenters. The zero-order valence-corrected chi connectivity index (χ0v) is 14.0. The number of likely N-dealkylation sites (tertiary alicyclic amines) is 1. The molecular weight excluding hydrogens is 246 g/mol. The van der Waals surface area contributed by atoms with Crippen LogP contribution < -0.4 is 0 Å². The first-order valence-electron chi connectivity index (χ1n) is 6.66. The Kier molecular flexibility index (Phi) is 5.00. The Morgan fingerprint density at radius 1 is 0.889 bits per heavy atom. The highest BCUT2D eigenvalue weighted by Gasteiger charge is 2.49. The molecular formula is C13H29NO3Si. The van der Waals surface area contributed by atoms with Crippen LogP contribution in [-0.4, -0.2) is 52.3 Å². The van der Waals surface area contributed by atoms with E-state index in [1.165, 1.54) is 19.3 Å². The highest BCUT2D eigenvalue weighted by atomic mass is 28.4. The van der Waals surface area contributed by atoms with Crippen molar-refractivity contribution in [3.8, 4) is 0 Å². The van der Waals surface area contributed by atoms with E-state index >= 15 is 0 Å². The van der Waals surface area contributed by atoms with E-state index in [9.17, 15) is 0 Å². The molecule has 0 N–H and O–H groups in total. The van der Waals surface area contributed by atoms with Crippen LogP contribution in [0.15, 0.2) is 0 Å². The molecule has 0 amide bonds. The van der Waals surface area contributed by atoms with Crippen molar-refractivity contribution < 1.29 is 13.3 Å². The summed E-state index contributed by atoms with van der Waals surface area (Å²) in [5.41, 5.74) is 0.325. The van der Waals surface area contributed by atoms with Gasteiger partial charge < -0.3 is 13.3 Å². The van der Waals surface area contributed by atoms with Gasteiger partial charge >= 0.3 is 8.80 Å². The molecule has 0 spiro atoms. The third-order valence-corrected chi connectivity index (χ3v) is 6.89. The summed E-state index contributed by atoms with van der Waals surface area (Å²) in [7, 11) is 2.49. The minimum absolute atomic E-state index is 0.162. The Hall–Kier alpha value is 0.0569. The van der Waals surface area contributed by atoms with Gasteiger partial charge in [0.15, 0.2) is 0 Å². The standard InChI is InChI=1S/C13H29NO3Si/c1-12(2)9-8-10-13(3,4)14(12)11-18(15-5,16-6)17-7/h8-11H2,1-7H3. The molecule has 4 nitrogen and oxygen atoms in total. The molecule has 0 aliphatic carbocycles. The maximum Gasteiger partial charge on any atom is 0.515 e. The van der Waals surface area contributed by atoms with Crippen LogP contribution in [0.2, 0.25) is 0 Å². The highest BCUT2D eigenvalue weighted by Crippen LogP contribution is 2.38. The molecule has 1 rings (SSSR count). The average molecular weight is 275 g/mol. The van der Waals surface area contributed by atoms with Crippen LogP contribution in [0.1, 0.15) is 47.0 Å². The molecule has 1 heterocycles. The number of nitrogens with zero attached hydrogens (tertiary/aromatic N) is 1. The molecule has 5 heteroatoms. The molecule has 1 aliphatic heterocycles. The van der Waals surface area contributed by atoms with Crippen molar-refractivity contribution in [2.24, 2.45) is 0 Å². The fraction of sp³-hybridized carbons (Fsp3) is 1.00. The van der Waals surface area contributed by atoms with Gasteiger partial charge in [-0.2, -0.15) is 0 Å². The lowest BCUT2D eigenvalue weighted by atomic mass is 9.80. The SMILES string of the molecule is CO[Si](CN1C(C)(C)CCCC1(C)C)(OC)OC. The number of hydrogen-bond acceptors (Lipinski definition) is 4. The molecule has 0 aromatic heterocycles. The zero-order valence-electron chi connectivity index (χ0n) is 13.0. The van der Waals surface area contributed by atoms with E-state index in [-0.39, 0.29) is 11.1 Å². The maximum atomic E-state index is 5.58. The lowest BCUT2D eigenvalue weighted by molar-refractivity contribution is -0.0315. The van der Waals surface area contributed by atoms with Crippen molar-refractivity contribution >= 4 is 8.80 Å². The first-order valence-corrected chi connectivity index (χ1v) is 8.59. The average Bonchev–Trinajstić information content (AvgIpc) is 2.29. The van der Waals surface area contributed by atoms with Gasteiger partial charge in [-0.25, -0.2) is 0 Å². The zero-order chi connectivity index (χ0) is 14.0. The Bertz CT molecular complexity index is 253. The van der Waals surface area contributed by atoms with Gasteiger partial charge in [0.1, 0.15) is 0 Å². The summed E-state index contributed by atoms with van der Waals surface area (Å²) in [5, 5.41) is 0. The summed E-state index contributed by atoms with van der Waals surface area (Å²) in [5.74, 6) is 0. The summed E-state index contributed by atoms with van der Waals surface area (Å²) in [6.07, 6.45) is 4.44. The van der Waals surface area contributed by atoms with Gasteiger partial charge in [-0.3, -0.25) is 4.90 Å².